The van der Waals surface area contributed by atoms with Crippen molar-refractivity contribution >= 4 is 16.9 Å². The highest BCUT2D eigenvalue weighted by Crippen LogP contribution is 2.37. The summed E-state index contributed by atoms with van der Waals surface area (Å²) in [6.07, 6.45) is 2.76. The van der Waals surface area contributed by atoms with Crippen LogP contribution in [0.4, 0.5) is 0 Å². The Balaban J connectivity index is 1.27. The summed E-state index contributed by atoms with van der Waals surface area (Å²) in [6, 6.07) is 9.92. The number of fused-ring (bicyclic) bond motifs is 2. The average molecular weight is 395 g/mol. The van der Waals surface area contributed by atoms with E-state index in [2.05, 4.69) is 5.16 Å². The maximum absolute atomic E-state index is 11.0. The summed E-state index contributed by atoms with van der Waals surface area (Å²) >= 11 is 0. The summed E-state index contributed by atoms with van der Waals surface area (Å²) in [5, 5.41) is 14.0. The SMILES string of the molecule is Cc1noc2c(C)c(OCCCOc3ccc4c(c3)CC[C@H]4CC(=O)O)ccc12. The van der Waals surface area contributed by atoms with Gasteiger partial charge < -0.3 is 19.1 Å². The molecule has 0 amide bonds. The predicted octanol–water partition coefficient (Wildman–Crippen LogP) is 4.80. The van der Waals surface area contributed by atoms with Crippen molar-refractivity contribution in [2.24, 2.45) is 0 Å². The molecule has 0 saturated heterocycles. The monoisotopic (exact) mass is 395 g/mol. The van der Waals surface area contributed by atoms with E-state index in [0.29, 0.717) is 13.2 Å². The normalized spacial score (nSPS) is 15.4. The Hall–Kier alpha value is -3.02. The summed E-state index contributed by atoms with van der Waals surface area (Å²) in [4.78, 5) is 11.0. The van der Waals surface area contributed by atoms with E-state index in [-0.39, 0.29) is 12.3 Å². The molecule has 0 saturated carbocycles. The van der Waals surface area contributed by atoms with Gasteiger partial charge in [0.15, 0.2) is 5.58 Å². The summed E-state index contributed by atoms with van der Waals surface area (Å²) in [5.74, 6) is 1.01. The predicted molar refractivity (Wildman–Crippen MR) is 109 cm³/mol. The number of aliphatic carboxylic acids is 1. The zero-order valence-electron chi connectivity index (χ0n) is 16.7. The lowest BCUT2D eigenvalue weighted by Gasteiger charge is -2.12. The largest absolute Gasteiger partial charge is 0.493 e. The molecule has 1 N–H and O–H groups in total. The van der Waals surface area contributed by atoms with Gasteiger partial charge in [0.2, 0.25) is 0 Å². The van der Waals surface area contributed by atoms with Crippen LogP contribution in [0.15, 0.2) is 34.9 Å². The Morgan fingerprint density at radius 2 is 2.03 bits per heavy atom. The first kappa shape index (κ1) is 19.3. The summed E-state index contributed by atoms with van der Waals surface area (Å²) < 4.78 is 17.1. The average Bonchev–Trinajstić information content (AvgIpc) is 3.26. The van der Waals surface area contributed by atoms with Gasteiger partial charge in [0.25, 0.3) is 0 Å². The van der Waals surface area contributed by atoms with Gasteiger partial charge in [-0.3, -0.25) is 4.79 Å². The van der Waals surface area contributed by atoms with Gasteiger partial charge in [-0.05, 0) is 68.0 Å². The van der Waals surface area contributed by atoms with Crippen molar-refractivity contribution in [1.82, 2.24) is 5.16 Å². The van der Waals surface area contributed by atoms with Gasteiger partial charge in [-0.25, -0.2) is 0 Å². The van der Waals surface area contributed by atoms with Crippen molar-refractivity contribution in [1.29, 1.82) is 0 Å². The van der Waals surface area contributed by atoms with Crippen molar-refractivity contribution in [3.8, 4) is 11.5 Å². The first-order valence-corrected chi connectivity index (χ1v) is 9.98. The second kappa shape index (κ2) is 8.15. The van der Waals surface area contributed by atoms with Crippen molar-refractivity contribution in [3.05, 3.63) is 52.7 Å². The maximum Gasteiger partial charge on any atom is 0.303 e. The van der Waals surface area contributed by atoms with Gasteiger partial charge in [0, 0.05) is 17.4 Å². The smallest absolute Gasteiger partial charge is 0.303 e. The van der Waals surface area contributed by atoms with Crippen LogP contribution in [0.3, 0.4) is 0 Å². The molecule has 29 heavy (non-hydrogen) atoms. The molecule has 0 aliphatic heterocycles. The van der Waals surface area contributed by atoms with Crippen LogP contribution in [0.5, 0.6) is 11.5 Å². The Morgan fingerprint density at radius 1 is 1.21 bits per heavy atom. The highest BCUT2D eigenvalue weighted by atomic mass is 16.5. The van der Waals surface area contributed by atoms with E-state index in [9.17, 15) is 4.79 Å². The molecule has 0 radical (unpaired) electrons. The lowest BCUT2D eigenvalue weighted by Crippen LogP contribution is -2.06. The Bertz CT molecular complexity index is 1040. The number of nitrogens with zero attached hydrogens (tertiary/aromatic N) is 1. The number of rotatable bonds is 8. The number of hydrogen-bond donors (Lipinski definition) is 1. The highest BCUT2D eigenvalue weighted by molar-refractivity contribution is 5.84. The molecule has 0 fully saturated rings. The van der Waals surface area contributed by atoms with Crippen LogP contribution in [0.1, 0.15) is 47.6 Å². The molecule has 1 atom stereocenters. The van der Waals surface area contributed by atoms with Crippen LogP contribution in [-0.2, 0) is 11.2 Å². The molecule has 2 aromatic carbocycles. The number of ether oxygens (including phenoxy) is 2. The van der Waals surface area contributed by atoms with Crippen molar-refractivity contribution < 1.29 is 23.9 Å². The molecule has 4 rings (SSSR count). The molecule has 1 aromatic heterocycles. The van der Waals surface area contributed by atoms with Crippen LogP contribution >= 0.6 is 0 Å². The molecule has 1 aliphatic carbocycles. The summed E-state index contributed by atoms with van der Waals surface area (Å²) in [7, 11) is 0. The van der Waals surface area contributed by atoms with Crippen LogP contribution in [-0.4, -0.2) is 29.4 Å². The summed E-state index contributed by atoms with van der Waals surface area (Å²) in [5.41, 5.74) is 4.97. The third-order valence-corrected chi connectivity index (χ3v) is 5.57. The molecule has 1 heterocycles. The van der Waals surface area contributed by atoms with Crippen LogP contribution in [0.25, 0.3) is 11.0 Å². The molecule has 0 spiro atoms. The van der Waals surface area contributed by atoms with E-state index in [0.717, 1.165) is 58.6 Å². The molecular formula is C23H25NO5. The molecule has 6 nitrogen and oxygen atoms in total. The third kappa shape index (κ3) is 4.06. The standard InChI is InChI=1S/C23H25NO5/c1-14-21(9-8-19-15(2)24-29-23(14)19)28-11-3-10-27-18-6-7-20-16(12-18)4-5-17(20)13-22(25)26/h6-9,12,17H,3-5,10-11,13H2,1-2H3,(H,25,26)/t17-/m0/s1. The third-order valence-electron chi connectivity index (χ3n) is 5.57. The number of aryl methyl sites for hydroxylation is 3. The van der Waals surface area contributed by atoms with Crippen molar-refractivity contribution in [3.63, 3.8) is 0 Å². The quantitative estimate of drug-likeness (QED) is 0.552. The van der Waals surface area contributed by atoms with E-state index in [1.54, 1.807) is 0 Å². The fraction of sp³-hybridized carbons (Fsp3) is 0.391. The molecule has 0 bridgehead atoms. The highest BCUT2D eigenvalue weighted by Gasteiger charge is 2.24. The topological polar surface area (TPSA) is 81.8 Å². The first-order valence-electron chi connectivity index (χ1n) is 9.98. The van der Waals surface area contributed by atoms with Gasteiger partial charge in [-0.2, -0.15) is 0 Å². The number of carboxylic acid groups (broad SMARTS) is 1. The van der Waals surface area contributed by atoms with E-state index in [1.807, 2.05) is 44.2 Å². The summed E-state index contributed by atoms with van der Waals surface area (Å²) in [6.45, 7) is 5.00. The van der Waals surface area contributed by atoms with Crippen molar-refractivity contribution in [2.45, 2.75) is 45.4 Å². The fourth-order valence-corrected chi connectivity index (χ4v) is 4.02. The molecule has 152 valence electrons. The molecule has 0 unspecified atom stereocenters. The zero-order chi connectivity index (χ0) is 20.4. The van der Waals surface area contributed by atoms with Crippen molar-refractivity contribution in [2.75, 3.05) is 13.2 Å². The van der Waals surface area contributed by atoms with E-state index < -0.39 is 5.97 Å². The lowest BCUT2D eigenvalue weighted by atomic mass is 9.98. The Labute approximate surface area is 169 Å². The molecule has 1 aliphatic rings. The number of carbonyl (C=O) groups is 1. The Morgan fingerprint density at radius 3 is 2.86 bits per heavy atom. The van der Waals surface area contributed by atoms with Crippen LogP contribution in [0, 0.1) is 13.8 Å². The molecule has 3 aromatic rings. The molecular weight excluding hydrogens is 370 g/mol. The number of benzene rings is 2. The van der Waals surface area contributed by atoms with Gasteiger partial charge >= 0.3 is 5.97 Å². The zero-order valence-corrected chi connectivity index (χ0v) is 16.7. The lowest BCUT2D eigenvalue weighted by molar-refractivity contribution is -0.137. The minimum atomic E-state index is -0.740. The van der Waals surface area contributed by atoms with E-state index in [1.165, 1.54) is 5.56 Å². The van der Waals surface area contributed by atoms with Gasteiger partial charge in [0.1, 0.15) is 11.5 Å². The molecule has 6 heteroatoms. The van der Waals surface area contributed by atoms with Gasteiger partial charge in [-0.1, -0.05) is 11.2 Å². The van der Waals surface area contributed by atoms with Crippen LogP contribution in [0.2, 0.25) is 0 Å². The number of aromatic nitrogens is 1. The van der Waals surface area contributed by atoms with Gasteiger partial charge in [-0.15, -0.1) is 0 Å². The number of hydrogen-bond acceptors (Lipinski definition) is 5. The second-order valence-corrected chi connectivity index (χ2v) is 7.58. The van der Waals surface area contributed by atoms with E-state index >= 15 is 0 Å². The number of carboxylic acids is 1. The van der Waals surface area contributed by atoms with Gasteiger partial charge in [0.05, 0.1) is 25.3 Å². The maximum atomic E-state index is 11.0. The minimum absolute atomic E-state index is 0.124. The minimum Gasteiger partial charge on any atom is -0.493 e. The second-order valence-electron chi connectivity index (χ2n) is 7.58. The Kier molecular flexibility index (Phi) is 5.43. The van der Waals surface area contributed by atoms with Crippen LogP contribution < -0.4 is 9.47 Å². The fourth-order valence-electron chi connectivity index (χ4n) is 4.02. The first-order chi connectivity index (χ1) is 14.0. The van der Waals surface area contributed by atoms with E-state index in [4.69, 9.17) is 19.1 Å².